The van der Waals surface area contributed by atoms with Gasteiger partial charge in [-0.3, -0.25) is 4.79 Å². The number of ether oxygens (including phenoxy) is 2. The summed E-state index contributed by atoms with van der Waals surface area (Å²) in [5.41, 5.74) is 0.0749. The van der Waals surface area contributed by atoms with Gasteiger partial charge in [-0.15, -0.1) is 0 Å². The van der Waals surface area contributed by atoms with Gasteiger partial charge in [0.05, 0.1) is 7.11 Å². The van der Waals surface area contributed by atoms with Crippen LogP contribution >= 0.6 is 0 Å². The summed E-state index contributed by atoms with van der Waals surface area (Å²) in [5, 5.41) is 0. The average molecular weight is 290 g/mol. The Labute approximate surface area is 126 Å². The van der Waals surface area contributed by atoms with Crippen molar-refractivity contribution in [2.45, 2.75) is 39.7 Å². The van der Waals surface area contributed by atoms with Crippen LogP contribution in [-0.2, 0) is 19.1 Å². The third-order valence-electron chi connectivity index (χ3n) is 3.78. The molecule has 0 amide bonds. The molecule has 0 N–H and O–H groups in total. The van der Waals surface area contributed by atoms with Crippen molar-refractivity contribution in [3.63, 3.8) is 0 Å². The van der Waals surface area contributed by atoms with Crippen LogP contribution in [0.25, 0.3) is 0 Å². The molecule has 0 unspecified atom stereocenters. The summed E-state index contributed by atoms with van der Waals surface area (Å²) in [7, 11) is 2.90. The third-order valence-corrected chi connectivity index (χ3v) is 3.78. The molecule has 0 aromatic rings. The maximum Gasteiger partial charge on any atom is 0.331 e. The van der Waals surface area contributed by atoms with Crippen molar-refractivity contribution in [1.82, 2.24) is 0 Å². The second-order valence-electron chi connectivity index (χ2n) is 5.84. The minimum absolute atomic E-state index is 0.0776. The smallest absolute Gasteiger partial charge is 0.331 e. The largest absolute Gasteiger partial charge is 0.466 e. The van der Waals surface area contributed by atoms with Gasteiger partial charge in [0.1, 0.15) is 0 Å². The molecule has 0 aromatic heterocycles. The lowest BCUT2D eigenvalue weighted by Crippen LogP contribution is -2.50. The van der Waals surface area contributed by atoms with Gasteiger partial charge in [-0.25, -0.2) is 4.79 Å². The summed E-state index contributed by atoms with van der Waals surface area (Å²) < 4.78 is 10.3. The van der Waals surface area contributed by atoms with E-state index in [1.165, 1.54) is 13.2 Å². The topological polar surface area (TPSA) is 52.6 Å². The number of esters is 1. The fourth-order valence-corrected chi connectivity index (χ4v) is 2.70. The van der Waals surface area contributed by atoms with Crippen molar-refractivity contribution in [3.8, 4) is 11.8 Å². The van der Waals surface area contributed by atoms with Crippen molar-refractivity contribution in [1.29, 1.82) is 0 Å². The Morgan fingerprint density at radius 2 is 2.00 bits per heavy atom. The van der Waals surface area contributed by atoms with E-state index in [1.54, 1.807) is 20.1 Å². The zero-order valence-electron chi connectivity index (χ0n) is 13.5. The molecule has 0 radical (unpaired) electrons. The molecule has 1 atom stereocenters. The van der Waals surface area contributed by atoms with Gasteiger partial charge in [-0.2, -0.15) is 0 Å². The van der Waals surface area contributed by atoms with Crippen molar-refractivity contribution >= 4 is 11.8 Å². The van der Waals surface area contributed by atoms with Crippen LogP contribution in [0.1, 0.15) is 34.1 Å². The van der Waals surface area contributed by atoms with Gasteiger partial charge < -0.3 is 9.47 Å². The predicted molar refractivity (Wildman–Crippen MR) is 80.5 cm³/mol. The van der Waals surface area contributed by atoms with Crippen molar-refractivity contribution in [3.05, 3.63) is 23.3 Å². The van der Waals surface area contributed by atoms with Gasteiger partial charge in [-0.1, -0.05) is 25.7 Å². The van der Waals surface area contributed by atoms with Crippen LogP contribution in [0.15, 0.2) is 23.3 Å². The minimum Gasteiger partial charge on any atom is -0.466 e. The quantitative estimate of drug-likeness (QED) is 0.445. The van der Waals surface area contributed by atoms with Crippen LogP contribution < -0.4 is 0 Å². The molecular formula is C17H22O4. The van der Waals surface area contributed by atoms with E-state index in [9.17, 15) is 9.59 Å². The van der Waals surface area contributed by atoms with E-state index in [0.29, 0.717) is 12.0 Å². The summed E-state index contributed by atoms with van der Waals surface area (Å²) in [6.45, 7) is 7.49. The van der Waals surface area contributed by atoms with E-state index in [2.05, 4.69) is 16.6 Å². The van der Waals surface area contributed by atoms with Crippen molar-refractivity contribution in [2.75, 3.05) is 14.2 Å². The fraction of sp³-hybridized carbons (Fsp3) is 0.529. The summed E-state index contributed by atoms with van der Waals surface area (Å²) in [5.74, 6) is 5.68. The first-order valence-electron chi connectivity index (χ1n) is 6.74. The lowest BCUT2D eigenvalue weighted by molar-refractivity contribution is -0.134. The molecule has 114 valence electrons. The van der Waals surface area contributed by atoms with Crippen LogP contribution in [0.4, 0.5) is 0 Å². The Morgan fingerprint density at radius 3 is 2.48 bits per heavy atom. The molecule has 0 heterocycles. The lowest BCUT2D eigenvalue weighted by atomic mass is 9.65. The Bertz CT molecular complexity index is 569. The zero-order valence-corrected chi connectivity index (χ0v) is 13.5. The molecule has 4 nitrogen and oxygen atoms in total. The number of carbonyl (C=O) groups is 2. The van der Waals surface area contributed by atoms with Crippen molar-refractivity contribution < 1.29 is 19.1 Å². The van der Waals surface area contributed by atoms with Gasteiger partial charge in [-0.05, 0) is 25.5 Å². The highest BCUT2D eigenvalue weighted by Gasteiger charge is 2.49. The molecule has 4 heteroatoms. The first-order chi connectivity index (χ1) is 9.68. The highest BCUT2D eigenvalue weighted by molar-refractivity contribution is 5.93. The lowest BCUT2D eigenvalue weighted by Gasteiger charge is -2.44. The molecule has 0 aromatic carbocycles. The predicted octanol–water partition coefficient (Wildman–Crippen LogP) is 2.44. The summed E-state index contributed by atoms with van der Waals surface area (Å²) in [6, 6.07) is 0. The highest BCUT2D eigenvalue weighted by atomic mass is 16.5. The maximum atomic E-state index is 11.8. The maximum absolute atomic E-state index is 11.8. The zero-order chi connectivity index (χ0) is 16.3. The highest BCUT2D eigenvalue weighted by Crippen LogP contribution is 2.45. The second-order valence-corrected chi connectivity index (χ2v) is 5.84. The number of ketones is 1. The fourth-order valence-electron chi connectivity index (χ4n) is 2.70. The van der Waals surface area contributed by atoms with Crippen molar-refractivity contribution in [2.24, 2.45) is 5.41 Å². The Balaban J connectivity index is 3.29. The third kappa shape index (κ3) is 3.43. The van der Waals surface area contributed by atoms with Crippen LogP contribution in [-0.4, -0.2) is 31.6 Å². The second kappa shape index (κ2) is 6.28. The Hall–Kier alpha value is -1.86. The summed E-state index contributed by atoms with van der Waals surface area (Å²) in [4.78, 5) is 23.0. The number of methoxy groups -OCH3 is 2. The van der Waals surface area contributed by atoms with Crippen LogP contribution in [0, 0.1) is 17.3 Å². The molecule has 1 aliphatic carbocycles. The molecule has 0 saturated carbocycles. The first-order valence-corrected chi connectivity index (χ1v) is 6.74. The Morgan fingerprint density at radius 1 is 1.38 bits per heavy atom. The monoisotopic (exact) mass is 290 g/mol. The number of allylic oxidation sites excluding steroid dienone is 2. The number of hydrogen-bond acceptors (Lipinski definition) is 4. The standard InChI is InChI=1S/C17H22O4/c1-12(9-15(19)20-5)7-8-17(21-6)13(2)10-14(18)11-16(17,3)4/h9-10H,11H2,1-6H3/b12-9-/t17-/m1/s1. The van der Waals surface area contributed by atoms with E-state index in [4.69, 9.17) is 4.74 Å². The average Bonchev–Trinajstić information content (AvgIpc) is 2.37. The number of hydrogen-bond donors (Lipinski definition) is 0. The van der Waals surface area contributed by atoms with Crippen LogP contribution in [0.2, 0.25) is 0 Å². The van der Waals surface area contributed by atoms with Gasteiger partial charge in [0.15, 0.2) is 11.4 Å². The summed E-state index contributed by atoms with van der Waals surface area (Å²) in [6.07, 6.45) is 3.28. The molecule has 0 fully saturated rings. The summed E-state index contributed by atoms with van der Waals surface area (Å²) >= 11 is 0. The Kier molecular flexibility index (Phi) is 5.14. The minimum atomic E-state index is -0.841. The molecule has 1 aliphatic rings. The molecule has 0 bridgehead atoms. The van der Waals surface area contributed by atoms with Crippen LogP contribution in [0.5, 0.6) is 0 Å². The van der Waals surface area contributed by atoms with Gasteiger partial charge in [0.25, 0.3) is 0 Å². The van der Waals surface area contributed by atoms with E-state index >= 15 is 0 Å². The number of rotatable bonds is 2. The number of carbonyl (C=O) groups excluding carboxylic acids is 2. The van der Waals surface area contributed by atoms with Crippen LogP contribution in [0.3, 0.4) is 0 Å². The molecular weight excluding hydrogens is 268 g/mol. The molecule has 0 spiro atoms. The normalized spacial score (nSPS) is 24.8. The molecule has 1 rings (SSSR count). The van der Waals surface area contributed by atoms with E-state index in [1.807, 2.05) is 20.8 Å². The van der Waals surface area contributed by atoms with Gasteiger partial charge in [0, 0.05) is 30.6 Å². The molecule has 0 aliphatic heterocycles. The van der Waals surface area contributed by atoms with E-state index in [-0.39, 0.29) is 5.78 Å². The van der Waals surface area contributed by atoms with E-state index < -0.39 is 17.0 Å². The SMILES string of the molecule is COC(=O)/C=C(/C)C#C[C@@]1(OC)C(C)=CC(=O)CC1(C)C. The van der Waals surface area contributed by atoms with E-state index in [0.717, 1.165) is 5.57 Å². The molecule has 21 heavy (non-hydrogen) atoms. The molecule has 0 saturated heterocycles. The van der Waals surface area contributed by atoms with Gasteiger partial charge >= 0.3 is 5.97 Å². The first kappa shape index (κ1) is 17.2. The van der Waals surface area contributed by atoms with Gasteiger partial charge in [0.2, 0.25) is 0 Å².